The second-order valence-corrected chi connectivity index (χ2v) is 4.80. The summed E-state index contributed by atoms with van der Waals surface area (Å²) < 4.78 is 0. The monoisotopic (exact) mass is 257 g/mol. The highest BCUT2D eigenvalue weighted by Gasteiger charge is 2.29. The lowest BCUT2D eigenvalue weighted by atomic mass is 10.1. The number of nitrogens with two attached hydrogens (primary N) is 1. The summed E-state index contributed by atoms with van der Waals surface area (Å²) in [4.78, 5) is 23.3. The third-order valence-corrected chi connectivity index (χ3v) is 3.19. The average molecular weight is 257 g/mol. The standard InChI is InChI=1S/C14H15N3O2/c15-8-10-3-5-11(6-4-10)14(19)17-12(13(16)18)7-9-1-2-9/h3-6,9,12H,1-2,7H2,(H2,16,18)(H,17,19)/t12-/m0/s1. The van der Waals surface area contributed by atoms with Gasteiger partial charge in [0.15, 0.2) is 0 Å². The highest BCUT2D eigenvalue weighted by Crippen LogP contribution is 2.33. The molecule has 5 nitrogen and oxygen atoms in total. The van der Waals surface area contributed by atoms with Crippen LogP contribution in [-0.2, 0) is 4.79 Å². The van der Waals surface area contributed by atoms with Crippen LogP contribution < -0.4 is 11.1 Å². The summed E-state index contributed by atoms with van der Waals surface area (Å²) in [5.74, 6) is -0.346. The molecule has 0 heterocycles. The van der Waals surface area contributed by atoms with Crippen LogP contribution in [0.25, 0.3) is 0 Å². The Bertz CT molecular complexity index is 527. The van der Waals surface area contributed by atoms with E-state index in [0.29, 0.717) is 23.5 Å². The number of carbonyl (C=O) groups excluding carboxylic acids is 2. The van der Waals surface area contributed by atoms with Gasteiger partial charge in [-0.25, -0.2) is 0 Å². The molecule has 19 heavy (non-hydrogen) atoms. The Morgan fingerprint density at radius 2 is 2.00 bits per heavy atom. The second kappa shape index (κ2) is 5.53. The topological polar surface area (TPSA) is 96.0 Å². The fourth-order valence-corrected chi connectivity index (χ4v) is 1.87. The van der Waals surface area contributed by atoms with Gasteiger partial charge in [0.1, 0.15) is 6.04 Å². The first-order chi connectivity index (χ1) is 9.10. The highest BCUT2D eigenvalue weighted by molar-refractivity contribution is 5.97. The van der Waals surface area contributed by atoms with Gasteiger partial charge in [-0.2, -0.15) is 5.26 Å². The molecular weight excluding hydrogens is 242 g/mol. The van der Waals surface area contributed by atoms with Crippen LogP contribution in [0.3, 0.4) is 0 Å². The molecule has 1 aromatic carbocycles. The van der Waals surface area contributed by atoms with Crippen LogP contribution in [0.1, 0.15) is 35.2 Å². The molecular formula is C14H15N3O2. The van der Waals surface area contributed by atoms with E-state index >= 15 is 0 Å². The fourth-order valence-electron chi connectivity index (χ4n) is 1.87. The van der Waals surface area contributed by atoms with Crippen LogP contribution in [0.5, 0.6) is 0 Å². The summed E-state index contributed by atoms with van der Waals surface area (Å²) in [7, 11) is 0. The van der Waals surface area contributed by atoms with Gasteiger partial charge < -0.3 is 11.1 Å². The zero-order chi connectivity index (χ0) is 13.8. The Hall–Kier alpha value is -2.35. The number of primary amides is 1. The molecule has 98 valence electrons. The van der Waals surface area contributed by atoms with Crippen LogP contribution >= 0.6 is 0 Å². The number of benzene rings is 1. The summed E-state index contributed by atoms with van der Waals surface area (Å²) in [5, 5.41) is 11.3. The summed E-state index contributed by atoms with van der Waals surface area (Å²) in [5.41, 5.74) is 6.19. The molecule has 3 N–H and O–H groups in total. The number of carbonyl (C=O) groups is 2. The van der Waals surface area contributed by atoms with Crippen molar-refractivity contribution in [2.75, 3.05) is 0 Å². The largest absolute Gasteiger partial charge is 0.368 e. The van der Waals surface area contributed by atoms with Gasteiger partial charge in [-0.1, -0.05) is 12.8 Å². The molecule has 1 saturated carbocycles. The van der Waals surface area contributed by atoms with E-state index in [1.165, 1.54) is 0 Å². The molecule has 1 fully saturated rings. The Morgan fingerprint density at radius 3 is 2.47 bits per heavy atom. The van der Waals surface area contributed by atoms with Crippen molar-refractivity contribution in [1.29, 1.82) is 5.26 Å². The van der Waals surface area contributed by atoms with E-state index in [1.807, 2.05) is 6.07 Å². The van der Waals surface area contributed by atoms with Gasteiger partial charge in [0, 0.05) is 5.56 Å². The molecule has 0 unspecified atom stereocenters. The minimum absolute atomic E-state index is 0.339. The Morgan fingerprint density at radius 1 is 1.37 bits per heavy atom. The van der Waals surface area contributed by atoms with Crippen molar-refractivity contribution in [2.45, 2.75) is 25.3 Å². The first-order valence-corrected chi connectivity index (χ1v) is 6.20. The van der Waals surface area contributed by atoms with E-state index in [-0.39, 0.29) is 5.91 Å². The molecule has 0 spiro atoms. The van der Waals surface area contributed by atoms with E-state index in [9.17, 15) is 9.59 Å². The van der Waals surface area contributed by atoms with Crippen molar-refractivity contribution in [1.82, 2.24) is 5.32 Å². The van der Waals surface area contributed by atoms with Crippen molar-refractivity contribution in [3.8, 4) is 6.07 Å². The molecule has 5 heteroatoms. The molecule has 1 aromatic rings. The maximum Gasteiger partial charge on any atom is 0.251 e. The number of hydrogen-bond acceptors (Lipinski definition) is 3. The maximum atomic E-state index is 12.0. The number of nitrogens with zero attached hydrogens (tertiary/aromatic N) is 1. The van der Waals surface area contributed by atoms with Crippen LogP contribution in [0.15, 0.2) is 24.3 Å². The molecule has 0 aliphatic heterocycles. The Kier molecular flexibility index (Phi) is 3.81. The van der Waals surface area contributed by atoms with Crippen LogP contribution in [0.4, 0.5) is 0 Å². The molecule has 2 amide bonds. The number of amides is 2. The highest BCUT2D eigenvalue weighted by atomic mass is 16.2. The molecule has 1 atom stereocenters. The minimum Gasteiger partial charge on any atom is -0.368 e. The molecule has 2 rings (SSSR count). The van der Waals surface area contributed by atoms with Crippen LogP contribution in [-0.4, -0.2) is 17.9 Å². The van der Waals surface area contributed by atoms with Gasteiger partial charge in [-0.05, 0) is 36.6 Å². The lowest BCUT2D eigenvalue weighted by Gasteiger charge is -2.15. The number of hydrogen-bond donors (Lipinski definition) is 2. The van der Waals surface area contributed by atoms with Gasteiger partial charge in [-0.15, -0.1) is 0 Å². The van der Waals surface area contributed by atoms with Gasteiger partial charge >= 0.3 is 0 Å². The Labute approximate surface area is 111 Å². The third kappa shape index (κ3) is 3.55. The van der Waals surface area contributed by atoms with Crippen LogP contribution in [0.2, 0.25) is 0 Å². The lowest BCUT2D eigenvalue weighted by molar-refractivity contribution is -0.120. The van der Waals surface area contributed by atoms with Crippen molar-refractivity contribution in [3.05, 3.63) is 35.4 Å². The summed E-state index contributed by atoms with van der Waals surface area (Å²) in [6.07, 6.45) is 2.80. The van der Waals surface area contributed by atoms with Crippen LogP contribution in [0, 0.1) is 17.2 Å². The first kappa shape index (κ1) is 13.1. The van der Waals surface area contributed by atoms with Gasteiger partial charge in [0.2, 0.25) is 5.91 Å². The molecule has 0 bridgehead atoms. The zero-order valence-corrected chi connectivity index (χ0v) is 10.4. The average Bonchev–Trinajstić information content (AvgIpc) is 3.22. The molecule has 1 aliphatic carbocycles. The number of nitrogens with one attached hydrogen (secondary N) is 1. The molecule has 0 radical (unpaired) electrons. The fraction of sp³-hybridized carbons (Fsp3) is 0.357. The smallest absolute Gasteiger partial charge is 0.251 e. The third-order valence-electron chi connectivity index (χ3n) is 3.19. The number of rotatable bonds is 5. The maximum absolute atomic E-state index is 12.0. The molecule has 1 aliphatic rings. The van der Waals surface area contributed by atoms with E-state index in [2.05, 4.69) is 5.32 Å². The predicted octanol–water partition coefficient (Wildman–Crippen LogP) is 0.942. The predicted molar refractivity (Wildman–Crippen MR) is 68.9 cm³/mol. The number of nitriles is 1. The lowest BCUT2D eigenvalue weighted by Crippen LogP contribution is -2.44. The SMILES string of the molecule is N#Cc1ccc(C(=O)N[C@@H](CC2CC2)C(N)=O)cc1. The quantitative estimate of drug-likeness (QED) is 0.821. The Balaban J connectivity index is 2.01. The normalized spacial score (nSPS) is 15.3. The summed E-state index contributed by atoms with van der Waals surface area (Å²) in [6, 6.07) is 7.61. The van der Waals surface area contributed by atoms with E-state index in [1.54, 1.807) is 24.3 Å². The second-order valence-electron chi connectivity index (χ2n) is 4.80. The van der Waals surface area contributed by atoms with E-state index in [0.717, 1.165) is 12.8 Å². The molecule has 0 saturated heterocycles. The van der Waals surface area contributed by atoms with Crippen molar-refractivity contribution in [2.24, 2.45) is 11.7 Å². The molecule has 0 aromatic heterocycles. The van der Waals surface area contributed by atoms with E-state index < -0.39 is 11.9 Å². The summed E-state index contributed by atoms with van der Waals surface area (Å²) >= 11 is 0. The van der Waals surface area contributed by atoms with Crippen molar-refractivity contribution in [3.63, 3.8) is 0 Å². The minimum atomic E-state index is -0.615. The van der Waals surface area contributed by atoms with E-state index in [4.69, 9.17) is 11.0 Å². The van der Waals surface area contributed by atoms with Crippen molar-refractivity contribution >= 4 is 11.8 Å². The van der Waals surface area contributed by atoms with Gasteiger partial charge in [0.05, 0.1) is 11.6 Å². The van der Waals surface area contributed by atoms with Gasteiger partial charge in [0.25, 0.3) is 5.91 Å². The van der Waals surface area contributed by atoms with Gasteiger partial charge in [-0.3, -0.25) is 9.59 Å². The first-order valence-electron chi connectivity index (χ1n) is 6.20. The summed E-state index contributed by atoms with van der Waals surface area (Å²) in [6.45, 7) is 0. The zero-order valence-electron chi connectivity index (χ0n) is 10.4. The van der Waals surface area contributed by atoms with Crippen molar-refractivity contribution < 1.29 is 9.59 Å².